The van der Waals surface area contributed by atoms with Crippen LogP contribution < -0.4 is 10.9 Å². The number of rotatable bonds is 7. The fourth-order valence-electron chi connectivity index (χ4n) is 6.02. The van der Waals surface area contributed by atoms with Gasteiger partial charge in [-0.15, -0.1) is 0 Å². The summed E-state index contributed by atoms with van der Waals surface area (Å²) in [6.45, 7) is 5.36. The molecule has 2 aliphatic heterocycles. The molecule has 1 aromatic carbocycles. The Bertz CT molecular complexity index is 1460. The van der Waals surface area contributed by atoms with Crippen LogP contribution in [0.5, 0.6) is 0 Å². The van der Waals surface area contributed by atoms with Crippen molar-refractivity contribution >= 4 is 22.8 Å². The lowest BCUT2D eigenvalue weighted by Crippen LogP contribution is -2.50. The van der Waals surface area contributed by atoms with Gasteiger partial charge in [-0.1, -0.05) is 12.1 Å². The minimum Gasteiger partial charge on any atom is -0.388 e. The number of carbonyl (C=O) groups is 2. The molecule has 3 aromatic rings. The Kier molecular flexibility index (Phi) is 7.18. The van der Waals surface area contributed by atoms with Gasteiger partial charge >= 0.3 is 0 Å². The number of aromatic nitrogens is 4. The van der Waals surface area contributed by atoms with E-state index in [1.807, 2.05) is 17.0 Å². The molecule has 0 atom stereocenters. The highest BCUT2D eigenvalue weighted by molar-refractivity contribution is 5.81. The molecule has 40 heavy (non-hydrogen) atoms. The summed E-state index contributed by atoms with van der Waals surface area (Å²) in [5.41, 5.74) is 1.16. The van der Waals surface area contributed by atoms with E-state index in [0.29, 0.717) is 37.0 Å². The van der Waals surface area contributed by atoms with Crippen molar-refractivity contribution in [2.45, 2.75) is 70.2 Å². The highest BCUT2D eigenvalue weighted by atomic mass is 16.3. The maximum Gasteiger partial charge on any atom is 0.264 e. The Balaban J connectivity index is 1.13. The van der Waals surface area contributed by atoms with Crippen LogP contribution in [-0.4, -0.2) is 83.9 Å². The summed E-state index contributed by atoms with van der Waals surface area (Å²) in [5.74, 6) is 0.396. The molecule has 2 amide bonds. The van der Waals surface area contributed by atoms with Gasteiger partial charge in [0.2, 0.25) is 11.8 Å². The van der Waals surface area contributed by atoms with Crippen molar-refractivity contribution in [3.63, 3.8) is 0 Å². The lowest BCUT2D eigenvalue weighted by molar-refractivity contribution is -0.137. The third-order valence-corrected chi connectivity index (χ3v) is 8.51. The number of amides is 2. The number of benzene rings is 1. The summed E-state index contributed by atoms with van der Waals surface area (Å²) in [7, 11) is 0. The molecule has 0 bridgehead atoms. The highest BCUT2D eigenvalue weighted by Gasteiger charge is 2.39. The number of piperidine rings is 2. The first-order valence-corrected chi connectivity index (χ1v) is 14.3. The first-order valence-electron chi connectivity index (χ1n) is 14.3. The molecule has 3 fully saturated rings. The molecular formula is C29H37N7O4. The van der Waals surface area contributed by atoms with Crippen LogP contribution in [-0.2, 0) is 22.7 Å². The SMILES string of the molecule is CC(=O)NC1CCN(Cc2cccc(-n3ncc4c(=O)n(CC5(O)CCN(C(=O)C6CC6)CC5)cnc43)c2)CC1. The van der Waals surface area contributed by atoms with Crippen LogP contribution in [0.3, 0.4) is 0 Å². The third-order valence-electron chi connectivity index (χ3n) is 8.51. The van der Waals surface area contributed by atoms with Gasteiger partial charge in [0.1, 0.15) is 11.7 Å². The van der Waals surface area contributed by atoms with Gasteiger partial charge in [-0.05, 0) is 56.2 Å². The van der Waals surface area contributed by atoms with E-state index in [2.05, 4.69) is 32.4 Å². The number of nitrogens with one attached hydrogen (secondary N) is 1. The van der Waals surface area contributed by atoms with E-state index >= 15 is 0 Å². The Morgan fingerprint density at radius 3 is 2.55 bits per heavy atom. The van der Waals surface area contributed by atoms with E-state index in [1.165, 1.54) is 10.9 Å². The molecule has 2 N–H and O–H groups in total. The van der Waals surface area contributed by atoms with E-state index in [4.69, 9.17) is 0 Å². The van der Waals surface area contributed by atoms with E-state index in [-0.39, 0.29) is 35.9 Å². The summed E-state index contributed by atoms with van der Waals surface area (Å²) >= 11 is 0. The first kappa shape index (κ1) is 26.6. The van der Waals surface area contributed by atoms with Gasteiger partial charge in [0.15, 0.2) is 5.65 Å². The molecule has 11 nitrogen and oxygen atoms in total. The smallest absolute Gasteiger partial charge is 0.264 e. The maximum atomic E-state index is 13.3. The second-order valence-corrected chi connectivity index (χ2v) is 11.7. The molecule has 2 aromatic heterocycles. The average molecular weight is 548 g/mol. The Morgan fingerprint density at radius 2 is 1.85 bits per heavy atom. The zero-order valence-electron chi connectivity index (χ0n) is 23.0. The van der Waals surface area contributed by atoms with Crippen LogP contribution in [0.1, 0.15) is 51.0 Å². The number of hydrogen-bond acceptors (Lipinski definition) is 7. The molecule has 6 rings (SSSR count). The summed E-state index contributed by atoms with van der Waals surface area (Å²) in [6, 6.07) is 8.33. The van der Waals surface area contributed by atoms with Gasteiger partial charge in [0.05, 0.1) is 24.0 Å². The van der Waals surface area contributed by atoms with Crippen LogP contribution in [0.15, 0.2) is 41.6 Å². The van der Waals surface area contributed by atoms with Gasteiger partial charge in [0.25, 0.3) is 5.56 Å². The molecule has 0 unspecified atom stereocenters. The number of carbonyl (C=O) groups excluding carboxylic acids is 2. The maximum absolute atomic E-state index is 13.3. The average Bonchev–Trinajstić information content (AvgIpc) is 3.70. The van der Waals surface area contributed by atoms with Crippen molar-refractivity contribution in [1.82, 2.24) is 34.4 Å². The van der Waals surface area contributed by atoms with E-state index in [1.54, 1.807) is 17.8 Å². The minimum absolute atomic E-state index is 0.0241. The lowest BCUT2D eigenvalue weighted by Gasteiger charge is -2.38. The van der Waals surface area contributed by atoms with Crippen LogP contribution in [0.2, 0.25) is 0 Å². The van der Waals surface area contributed by atoms with Crippen molar-refractivity contribution in [2.24, 2.45) is 5.92 Å². The largest absolute Gasteiger partial charge is 0.388 e. The predicted molar refractivity (Wildman–Crippen MR) is 149 cm³/mol. The van der Waals surface area contributed by atoms with Crippen molar-refractivity contribution in [2.75, 3.05) is 26.2 Å². The molecule has 4 heterocycles. The van der Waals surface area contributed by atoms with Gasteiger partial charge in [0, 0.05) is 51.6 Å². The summed E-state index contributed by atoms with van der Waals surface area (Å²) in [6.07, 6.45) is 7.72. The zero-order valence-corrected chi connectivity index (χ0v) is 23.0. The predicted octanol–water partition coefficient (Wildman–Crippen LogP) is 1.45. The summed E-state index contributed by atoms with van der Waals surface area (Å²) in [4.78, 5) is 45.9. The molecule has 1 aliphatic carbocycles. The zero-order chi connectivity index (χ0) is 27.9. The fraction of sp³-hybridized carbons (Fsp3) is 0.552. The Labute approximate surface area is 232 Å². The van der Waals surface area contributed by atoms with E-state index in [0.717, 1.165) is 56.6 Å². The second kappa shape index (κ2) is 10.8. The van der Waals surface area contributed by atoms with E-state index < -0.39 is 5.60 Å². The monoisotopic (exact) mass is 547 g/mol. The van der Waals surface area contributed by atoms with Crippen molar-refractivity contribution in [3.8, 4) is 5.69 Å². The van der Waals surface area contributed by atoms with Crippen LogP contribution in [0.25, 0.3) is 16.7 Å². The van der Waals surface area contributed by atoms with Crippen molar-refractivity contribution in [3.05, 3.63) is 52.7 Å². The number of nitrogens with zero attached hydrogens (tertiary/aromatic N) is 6. The standard InChI is InChI=1S/C29H37N7O4/c1-20(37)32-23-7-11-33(12-8-23)17-21-3-2-4-24(15-21)36-26-25(16-31-36)28(39)35(19-30-26)18-29(40)9-13-34(14-10-29)27(38)22-5-6-22/h2-4,15-16,19,22-23,40H,5-14,17-18H2,1H3,(H,32,37). The summed E-state index contributed by atoms with van der Waals surface area (Å²) < 4.78 is 3.15. The Morgan fingerprint density at radius 1 is 1.10 bits per heavy atom. The highest BCUT2D eigenvalue weighted by Crippen LogP contribution is 2.33. The first-order chi connectivity index (χ1) is 19.3. The van der Waals surface area contributed by atoms with Gasteiger partial charge in [-0.3, -0.25) is 23.9 Å². The molecule has 11 heteroatoms. The quantitative estimate of drug-likeness (QED) is 0.459. The van der Waals surface area contributed by atoms with Gasteiger partial charge < -0.3 is 15.3 Å². The fourth-order valence-corrected chi connectivity index (χ4v) is 6.02. The summed E-state index contributed by atoms with van der Waals surface area (Å²) in [5, 5.41) is 19.1. The number of hydrogen-bond donors (Lipinski definition) is 2. The molecular weight excluding hydrogens is 510 g/mol. The van der Waals surface area contributed by atoms with Crippen LogP contribution in [0.4, 0.5) is 0 Å². The van der Waals surface area contributed by atoms with Crippen molar-refractivity contribution in [1.29, 1.82) is 0 Å². The second-order valence-electron chi connectivity index (χ2n) is 11.7. The van der Waals surface area contributed by atoms with Crippen molar-refractivity contribution < 1.29 is 14.7 Å². The van der Waals surface area contributed by atoms with Gasteiger partial charge in [-0.2, -0.15) is 5.10 Å². The molecule has 1 saturated carbocycles. The lowest BCUT2D eigenvalue weighted by atomic mass is 9.91. The van der Waals surface area contributed by atoms with E-state index in [9.17, 15) is 19.5 Å². The minimum atomic E-state index is -1.06. The molecule has 0 spiro atoms. The topological polar surface area (TPSA) is 126 Å². The molecule has 212 valence electrons. The molecule has 0 radical (unpaired) electrons. The number of likely N-dealkylation sites (tertiary alicyclic amines) is 2. The normalized spacial score (nSPS) is 20.1. The third kappa shape index (κ3) is 5.66. The van der Waals surface area contributed by atoms with Crippen LogP contribution in [0, 0.1) is 5.92 Å². The molecule has 2 saturated heterocycles. The van der Waals surface area contributed by atoms with Crippen LogP contribution >= 0.6 is 0 Å². The number of aliphatic hydroxyl groups is 1. The molecule has 3 aliphatic rings. The number of fused-ring (bicyclic) bond motifs is 1. The van der Waals surface area contributed by atoms with Gasteiger partial charge in [-0.25, -0.2) is 9.67 Å². The Hall–Kier alpha value is -3.57.